The van der Waals surface area contributed by atoms with E-state index in [1.165, 1.54) is 4.57 Å². The minimum Gasteiger partial charge on any atom is -0.492 e. The molecule has 0 unspecified atom stereocenters. The minimum absolute atomic E-state index is 0.209. The normalized spacial score (nSPS) is 11.1. The van der Waals surface area contributed by atoms with E-state index in [0.717, 1.165) is 18.0 Å². The van der Waals surface area contributed by atoms with Crippen molar-refractivity contribution in [2.45, 2.75) is 0 Å². The van der Waals surface area contributed by atoms with Gasteiger partial charge in [-0.1, -0.05) is 42.5 Å². The Morgan fingerprint density at radius 3 is 2.59 bits per heavy atom. The molecule has 174 valence electrons. The van der Waals surface area contributed by atoms with Crippen molar-refractivity contribution in [2.24, 2.45) is 7.05 Å². The van der Waals surface area contributed by atoms with Crippen LogP contribution in [0.15, 0.2) is 66.1 Å². The molecule has 8 heteroatoms. The number of hydrogen-bond donors (Lipinski definition) is 1. The van der Waals surface area contributed by atoms with E-state index in [4.69, 9.17) is 16.3 Å². The summed E-state index contributed by atoms with van der Waals surface area (Å²) in [6.45, 7) is 5.38. The van der Waals surface area contributed by atoms with Crippen molar-refractivity contribution in [1.29, 1.82) is 0 Å². The third kappa shape index (κ3) is 4.81. The van der Waals surface area contributed by atoms with Gasteiger partial charge >= 0.3 is 0 Å². The van der Waals surface area contributed by atoms with Crippen LogP contribution in [0.5, 0.6) is 5.75 Å². The molecule has 2 aromatic heterocycles. The van der Waals surface area contributed by atoms with Gasteiger partial charge in [0.25, 0.3) is 5.56 Å². The smallest absolute Gasteiger partial charge is 0.260 e. The van der Waals surface area contributed by atoms with Crippen LogP contribution in [0.2, 0.25) is 5.02 Å². The number of pyridine rings is 1. The van der Waals surface area contributed by atoms with Crippen LogP contribution in [0.4, 0.5) is 11.6 Å². The molecular formula is C26H26ClN5O2. The van der Waals surface area contributed by atoms with Crippen LogP contribution in [0.25, 0.3) is 28.2 Å². The van der Waals surface area contributed by atoms with Gasteiger partial charge in [-0.2, -0.15) is 4.98 Å². The zero-order valence-corrected chi connectivity index (χ0v) is 20.1. The number of fused-ring (bicyclic) bond motifs is 1. The van der Waals surface area contributed by atoms with Crippen LogP contribution in [0, 0.1) is 0 Å². The van der Waals surface area contributed by atoms with Gasteiger partial charge in [0.05, 0.1) is 5.56 Å². The SMILES string of the molecule is C=Cc1c(-c2ccccc2Cl)c(=O)n(C)c2nc(Nc3ccc(OCCN(C)C)cc3)ncc12. The Labute approximate surface area is 203 Å². The molecule has 2 aromatic carbocycles. The van der Waals surface area contributed by atoms with Crippen LogP contribution in [0.3, 0.4) is 0 Å². The maximum atomic E-state index is 13.3. The Morgan fingerprint density at radius 1 is 1.18 bits per heavy atom. The van der Waals surface area contributed by atoms with Crippen molar-refractivity contribution in [3.8, 4) is 16.9 Å². The number of likely N-dealkylation sites (N-methyl/N-ethyl adjacent to an activating group) is 1. The predicted molar refractivity (Wildman–Crippen MR) is 139 cm³/mol. The number of aromatic nitrogens is 3. The number of aryl methyl sites for hydroxylation is 1. The summed E-state index contributed by atoms with van der Waals surface area (Å²) in [7, 11) is 5.70. The molecule has 0 aliphatic rings. The van der Waals surface area contributed by atoms with E-state index in [-0.39, 0.29) is 5.56 Å². The lowest BCUT2D eigenvalue weighted by Gasteiger charge is -2.15. The molecule has 2 heterocycles. The second-order valence-corrected chi connectivity index (χ2v) is 8.48. The van der Waals surface area contributed by atoms with Crippen molar-refractivity contribution in [3.05, 3.63) is 82.2 Å². The van der Waals surface area contributed by atoms with Crippen LogP contribution in [-0.4, -0.2) is 46.7 Å². The molecule has 0 spiro atoms. The molecule has 0 radical (unpaired) electrons. The molecule has 0 amide bonds. The average molecular weight is 476 g/mol. The topological polar surface area (TPSA) is 72.3 Å². The molecule has 0 atom stereocenters. The number of benzene rings is 2. The maximum absolute atomic E-state index is 13.3. The number of halogens is 1. The molecule has 7 nitrogen and oxygen atoms in total. The van der Waals surface area contributed by atoms with E-state index < -0.39 is 0 Å². The standard InChI is InChI=1S/C26H26ClN5O2/c1-5-19-21-16-28-26(29-17-10-12-18(13-11-17)34-15-14-31(2)3)30-24(21)32(4)25(33)23(19)20-8-6-7-9-22(20)27/h5-13,16H,1,14-15H2,2-4H3,(H,28,29,30). The highest BCUT2D eigenvalue weighted by atomic mass is 35.5. The quantitative estimate of drug-likeness (QED) is 0.387. The number of ether oxygens (including phenoxy) is 1. The van der Waals surface area contributed by atoms with E-state index >= 15 is 0 Å². The van der Waals surface area contributed by atoms with Gasteiger partial charge < -0.3 is 15.0 Å². The summed E-state index contributed by atoms with van der Waals surface area (Å²) in [5.41, 5.74) is 2.87. The Morgan fingerprint density at radius 2 is 1.91 bits per heavy atom. The summed E-state index contributed by atoms with van der Waals surface area (Å²) in [6, 6.07) is 14.8. The van der Waals surface area contributed by atoms with Gasteiger partial charge in [-0.25, -0.2) is 4.98 Å². The zero-order chi connectivity index (χ0) is 24.2. The average Bonchev–Trinajstić information content (AvgIpc) is 2.83. The molecule has 0 saturated carbocycles. The van der Waals surface area contributed by atoms with E-state index in [0.29, 0.717) is 45.3 Å². The van der Waals surface area contributed by atoms with Gasteiger partial charge in [0.2, 0.25) is 5.95 Å². The Kier molecular flexibility index (Phi) is 6.95. The fourth-order valence-electron chi connectivity index (χ4n) is 3.64. The van der Waals surface area contributed by atoms with Gasteiger partial charge in [0, 0.05) is 41.4 Å². The summed E-state index contributed by atoms with van der Waals surface area (Å²) in [6.07, 6.45) is 3.34. The summed E-state index contributed by atoms with van der Waals surface area (Å²) in [5, 5.41) is 4.39. The molecule has 4 aromatic rings. The van der Waals surface area contributed by atoms with Crippen molar-refractivity contribution < 1.29 is 4.74 Å². The zero-order valence-electron chi connectivity index (χ0n) is 19.4. The lowest BCUT2D eigenvalue weighted by Crippen LogP contribution is -2.22. The van der Waals surface area contributed by atoms with E-state index in [9.17, 15) is 4.79 Å². The molecule has 0 fully saturated rings. The predicted octanol–water partition coefficient (Wildman–Crippen LogP) is 4.98. The van der Waals surface area contributed by atoms with Crippen molar-refractivity contribution in [2.75, 3.05) is 32.6 Å². The summed E-state index contributed by atoms with van der Waals surface area (Å²) < 4.78 is 7.24. The molecule has 0 saturated heterocycles. The molecule has 0 bridgehead atoms. The van der Waals surface area contributed by atoms with Gasteiger partial charge in [-0.15, -0.1) is 0 Å². The molecule has 0 aliphatic carbocycles. The first-order chi connectivity index (χ1) is 16.4. The Bertz CT molecular complexity index is 1400. The number of nitrogens with zero attached hydrogens (tertiary/aromatic N) is 4. The lowest BCUT2D eigenvalue weighted by molar-refractivity contribution is 0.261. The molecule has 1 N–H and O–H groups in total. The van der Waals surface area contributed by atoms with Gasteiger partial charge in [-0.05, 0) is 50.0 Å². The van der Waals surface area contributed by atoms with Crippen LogP contribution in [-0.2, 0) is 7.05 Å². The second-order valence-electron chi connectivity index (χ2n) is 8.07. The number of hydrogen-bond acceptors (Lipinski definition) is 6. The van der Waals surface area contributed by atoms with E-state index in [1.807, 2.05) is 56.6 Å². The number of anilines is 2. The lowest BCUT2D eigenvalue weighted by atomic mass is 9.99. The third-order valence-electron chi connectivity index (χ3n) is 5.43. The first kappa shape index (κ1) is 23.5. The van der Waals surface area contributed by atoms with Crippen LogP contribution >= 0.6 is 11.6 Å². The molecule has 0 aliphatic heterocycles. The largest absolute Gasteiger partial charge is 0.492 e. The molecule has 4 rings (SSSR count). The summed E-state index contributed by atoms with van der Waals surface area (Å²) >= 11 is 6.40. The van der Waals surface area contributed by atoms with Crippen LogP contribution < -0.4 is 15.6 Å². The summed E-state index contributed by atoms with van der Waals surface area (Å²) in [5.74, 6) is 1.17. The highest BCUT2D eigenvalue weighted by molar-refractivity contribution is 6.33. The van der Waals surface area contributed by atoms with Gasteiger partial charge in [0.15, 0.2) is 0 Å². The Hall–Kier alpha value is -3.68. The van der Waals surface area contributed by atoms with Crippen molar-refractivity contribution in [1.82, 2.24) is 19.4 Å². The third-order valence-corrected chi connectivity index (χ3v) is 5.76. The first-order valence-corrected chi connectivity index (χ1v) is 11.2. The summed E-state index contributed by atoms with van der Waals surface area (Å²) in [4.78, 5) is 24.5. The fraction of sp³-hybridized carbons (Fsp3) is 0.192. The van der Waals surface area contributed by atoms with E-state index in [2.05, 4.69) is 26.8 Å². The highest BCUT2D eigenvalue weighted by Gasteiger charge is 2.18. The van der Waals surface area contributed by atoms with E-state index in [1.54, 1.807) is 25.4 Å². The van der Waals surface area contributed by atoms with Crippen molar-refractivity contribution in [3.63, 3.8) is 0 Å². The maximum Gasteiger partial charge on any atom is 0.260 e. The first-order valence-electron chi connectivity index (χ1n) is 10.8. The molecular weight excluding hydrogens is 450 g/mol. The number of rotatable bonds is 8. The van der Waals surface area contributed by atoms with Gasteiger partial charge in [-0.3, -0.25) is 9.36 Å². The number of nitrogens with one attached hydrogen (secondary N) is 1. The highest BCUT2D eigenvalue weighted by Crippen LogP contribution is 2.32. The monoisotopic (exact) mass is 475 g/mol. The minimum atomic E-state index is -0.209. The van der Waals surface area contributed by atoms with Crippen LogP contribution in [0.1, 0.15) is 5.56 Å². The van der Waals surface area contributed by atoms with Crippen molar-refractivity contribution >= 4 is 40.3 Å². The fourth-order valence-corrected chi connectivity index (χ4v) is 3.87. The second kappa shape index (κ2) is 10.1. The Balaban J connectivity index is 1.67. The van der Waals surface area contributed by atoms with Gasteiger partial charge in [0.1, 0.15) is 18.0 Å². The molecule has 34 heavy (non-hydrogen) atoms.